The van der Waals surface area contributed by atoms with Crippen molar-refractivity contribution >= 4 is 52.2 Å². The van der Waals surface area contributed by atoms with Crippen LogP contribution in [-0.4, -0.2) is 27.4 Å². The van der Waals surface area contributed by atoms with E-state index < -0.39 is 5.97 Å². The molecule has 0 aliphatic rings. The number of carbonyl (C=O) groups excluding carboxylic acids is 1. The Balaban J connectivity index is 2.20. The highest BCUT2D eigenvalue weighted by Crippen LogP contribution is 2.35. The Bertz CT molecular complexity index is 554. The standard InChI is InChI=1S/C8H6ClN3O2S3/c1-3-10-8(17-12-3)16-7-11-5(9)4(15-7)6(13)14-2/h1-2H3. The fourth-order valence-corrected chi connectivity index (χ4v) is 4.12. The van der Waals surface area contributed by atoms with Crippen LogP contribution in [0.1, 0.15) is 15.5 Å². The molecule has 2 aromatic rings. The molecule has 2 rings (SSSR count). The van der Waals surface area contributed by atoms with E-state index in [0.717, 1.165) is 4.34 Å². The van der Waals surface area contributed by atoms with Gasteiger partial charge < -0.3 is 4.74 Å². The van der Waals surface area contributed by atoms with Crippen molar-refractivity contribution in [3.05, 3.63) is 15.9 Å². The maximum atomic E-state index is 11.3. The van der Waals surface area contributed by atoms with Crippen LogP contribution in [0.2, 0.25) is 5.15 Å². The Morgan fingerprint density at radius 1 is 1.41 bits per heavy atom. The lowest BCUT2D eigenvalue weighted by atomic mass is 10.6. The number of nitrogens with zero attached hydrogens (tertiary/aromatic N) is 3. The highest BCUT2D eigenvalue weighted by Gasteiger charge is 2.18. The van der Waals surface area contributed by atoms with Gasteiger partial charge >= 0.3 is 5.97 Å². The van der Waals surface area contributed by atoms with Gasteiger partial charge in [-0.25, -0.2) is 14.8 Å². The molecule has 0 N–H and O–H groups in total. The number of esters is 1. The predicted octanol–water partition coefficient (Wildman–Crippen LogP) is 2.89. The lowest BCUT2D eigenvalue weighted by Gasteiger charge is -1.92. The molecule has 0 radical (unpaired) electrons. The fraction of sp³-hybridized carbons (Fsp3) is 0.250. The number of halogens is 1. The molecule has 5 nitrogen and oxygen atoms in total. The van der Waals surface area contributed by atoms with Crippen LogP contribution in [0.3, 0.4) is 0 Å². The van der Waals surface area contributed by atoms with Crippen molar-refractivity contribution in [1.29, 1.82) is 0 Å². The number of thiazole rings is 1. The Morgan fingerprint density at radius 3 is 2.76 bits per heavy atom. The van der Waals surface area contributed by atoms with Crippen LogP contribution >= 0.6 is 46.2 Å². The number of carbonyl (C=O) groups is 1. The zero-order valence-corrected chi connectivity index (χ0v) is 12.0. The van der Waals surface area contributed by atoms with Crippen molar-refractivity contribution in [2.24, 2.45) is 0 Å². The molecule has 0 fully saturated rings. The van der Waals surface area contributed by atoms with Gasteiger partial charge in [-0.3, -0.25) is 0 Å². The first-order chi connectivity index (χ1) is 8.10. The molecule has 0 aliphatic heterocycles. The van der Waals surface area contributed by atoms with Crippen LogP contribution in [0, 0.1) is 6.92 Å². The summed E-state index contributed by atoms with van der Waals surface area (Å²) in [5.41, 5.74) is 0. The number of hydrogen-bond acceptors (Lipinski definition) is 8. The summed E-state index contributed by atoms with van der Waals surface area (Å²) in [6.07, 6.45) is 0. The minimum atomic E-state index is -0.479. The Labute approximate surface area is 114 Å². The van der Waals surface area contributed by atoms with Crippen LogP contribution in [0.5, 0.6) is 0 Å². The van der Waals surface area contributed by atoms with Crippen molar-refractivity contribution in [3.63, 3.8) is 0 Å². The first-order valence-corrected chi connectivity index (χ1v) is 7.11. The van der Waals surface area contributed by atoms with E-state index >= 15 is 0 Å². The summed E-state index contributed by atoms with van der Waals surface area (Å²) in [6.45, 7) is 1.81. The van der Waals surface area contributed by atoms with E-state index in [-0.39, 0.29) is 5.15 Å². The quantitative estimate of drug-likeness (QED) is 0.812. The molecular weight excluding hydrogens is 302 g/mol. The number of hydrogen-bond donors (Lipinski definition) is 0. The summed E-state index contributed by atoms with van der Waals surface area (Å²) in [7, 11) is 1.30. The van der Waals surface area contributed by atoms with E-state index in [9.17, 15) is 4.79 Å². The van der Waals surface area contributed by atoms with Gasteiger partial charge in [-0.2, -0.15) is 4.37 Å². The molecule has 0 aromatic carbocycles. The van der Waals surface area contributed by atoms with Gasteiger partial charge in [0, 0.05) is 0 Å². The molecule has 0 saturated carbocycles. The lowest BCUT2D eigenvalue weighted by Crippen LogP contribution is -1.98. The highest BCUT2D eigenvalue weighted by atomic mass is 35.5. The topological polar surface area (TPSA) is 65.0 Å². The number of ether oxygens (including phenoxy) is 1. The third kappa shape index (κ3) is 2.95. The van der Waals surface area contributed by atoms with Gasteiger partial charge in [-0.1, -0.05) is 22.9 Å². The van der Waals surface area contributed by atoms with E-state index in [1.165, 1.54) is 41.7 Å². The lowest BCUT2D eigenvalue weighted by molar-refractivity contribution is 0.0606. The van der Waals surface area contributed by atoms with Crippen molar-refractivity contribution in [2.45, 2.75) is 15.6 Å². The summed E-state index contributed by atoms with van der Waals surface area (Å²) >= 11 is 9.64. The first kappa shape index (κ1) is 12.7. The summed E-state index contributed by atoms with van der Waals surface area (Å²) < 4.78 is 10.1. The third-order valence-electron chi connectivity index (χ3n) is 1.62. The molecule has 17 heavy (non-hydrogen) atoms. The molecule has 0 amide bonds. The zero-order chi connectivity index (χ0) is 12.4. The molecule has 0 aliphatic carbocycles. The van der Waals surface area contributed by atoms with E-state index in [0.29, 0.717) is 15.0 Å². The van der Waals surface area contributed by atoms with E-state index in [2.05, 4.69) is 19.1 Å². The zero-order valence-electron chi connectivity index (χ0n) is 8.76. The molecule has 0 saturated heterocycles. The Hall–Kier alpha value is -0.700. The Kier molecular flexibility index (Phi) is 3.97. The van der Waals surface area contributed by atoms with Crippen molar-refractivity contribution in [2.75, 3.05) is 7.11 Å². The van der Waals surface area contributed by atoms with Crippen LogP contribution in [0.25, 0.3) is 0 Å². The number of rotatable bonds is 3. The molecule has 0 spiro atoms. The molecule has 2 heterocycles. The fourth-order valence-electron chi connectivity index (χ4n) is 0.940. The van der Waals surface area contributed by atoms with Crippen molar-refractivity contribution < 1.29 is 9.53 Å². The molecule has 0 unspecified atom stereocenters. The maximum absolute atomic E-state index is 11.3. The van der Waals surface area contributed by atoms with E-state index in [1.54, 1.807) is 0 Å². The van der Waals surface area contributed by atoms with Gasteiger partial charge in [-0.05, 0) is 30.2 Å². The molecule has 0 atom stereocenters. The SMILES string of the molecule is COC(=O)c1sc(Sc2nc(C)ns2)nc1Cl. The monoisotopic (exact) mass is 307 g/mol. The molecule has 2 aromatic heterocycles. The second kappa shape index (κ2) is 5.30. The highest BCUT2D eigenvalue weighted by molar-refractivity contribution is 8.02. The second-order valence-electron chi connectivity index (χ2n) is 2.80. The summed E-state index contributed by atoms with van der Waals surface area (Å²) in [5, 5.41) is 0.158. The summed E-state index contributed by atoms with van der Waals surface area (Å²) in [6, 6.07) is 0. The Morgan fingerprint density at radius 2 is 2.18 bits per heavy atom. The van der Waals surface area contributed by atoms with Gasteiger partial charge in [0.1, 0.15) is 5.82 Å². The normalized spacial score (nSPS) is 10.5. The third-order valence-corrected chi connectivity index (χ3v) is 4.94. The molecule has 90 valence electrons. The van der Waals surface area contributed by atoms with Gasteiger partial charge in [0.05, 0.1) is 7.11 Å². The van der Waals surface area contributed by atoms with E-state index in [1.807, 2.05) is 6.92 Å². The van der Waals surface area contributed by atoms with Crippen LogP contribution < -0.4 is 0 Å². The number of methoxy groups -OCH3 is 1. The second-order valence-corrected chi connectivity index (χ2v) is 6.40. The average molecular weight is 308 g/mol. The summed E-state index contributed by atoms with van der Waals surface area (Å²) in [4.78, 5) is 19.9. The minimum Gasteiger partial charge on any atom is -0.465 e. The van der Waals surface area contributed by atoms with Crippen LogP contribution in [-0.2, 0) is 4.74 Å². The summed E-state index contributed by atoms with van der Waals surface area (Å²) in [5.74, 6) is 0.237. The average Bonchev–Trinajstić information content (AvgIpc) is 2.85. The van der Waals surface area contributed by atoms with Gasteiger partial charge in [0.15, 0.2) is 18.7 Å². The van der Waals surface area contributed by atoms with Crippen LogP contribution in [0.15, 0.2) is 8.68 Å². The van der Waals surface area contributed by atoms with Gasteiger partial charge in [0.2, 0.25) is 0 Å². The minimum absolute atomic E-state index is 0.158. The maximum Gasteiger partial charge on any atom is 0.351 e. The smallest absolute Gasteiger partial charge is 0.351 e. The van der Waals surface area contributed by atoms with Crippen LogP contribution in [0.4, 0.5) is 0 Å². The van der Waals surface area contributed by atoms with Crippen molar-refractivity contribution in [3.8, 4) is 0 Å². The van der Waals surface area contributed by atoms with Gasteiger partial charge in [-0.15, -0.1) is 0 Å². The molecule has 0 bridgehead atoms. The van der Waals surface area contributed by atoms with Crippen molar-refractivity contribution in [1.82, 2.24) is 14.3 Å². The molecular formula is C8H6ClN3O2S3. The number of aromatic nitrogens is 3. The first-order valence-electron chi connectivity index (χ1n) is 4.33. The predicted molar refractivity (Wildman–Crippen MR) is 67.2 cm³/mol. The molecule has 9 heteroatoms. The largest absolute Gasteiger partial charge is 0.465 e. The van der Waals surface area contributed by atoms with Gasteiger partial charge in [0.25, 0.3) is 0 Å². The van der Waals surface area contributed by atoms with E-state index in [4.69, 9.17) is 11.6 Å². The number of aryl methyl sites for hydroxylation is 1.